The SMILES string of the molecule is CCSC(=S)N(CC)CC.N. The van der Waals surface area contributed by atoms with Crippen LogP contribution in [-0.4, -0.2) is 28.1 Å². The second kappa shape index (κ2) is 8.30. The Labute approximate surface area is 79.3 Å². The van der Waals surface area contributed by atoms with E-state index in [2.05, 4.69) is 25.7 Å². The summed E-state index contributed by atoms with van der Waals surface area (Å²) in [6.07, 6.45) is 0. The van der Waals surface area contributed by atoms with E-state index >= 15 is 0 Å². The molecule has 4 heteroatoms. The summed E-state index contributed by atoms with van der Waals surface area (Å²) in [7, 11) is 0. The zero-order valence-electron chi connectivity index (χ0n) is 7.59. The van der Waals surface area contributed by atoms with Crippen molar-refractivity contribution in [2.45, 2.75) is 20.8 Å². The maximum Gasteiger partial charge on any atom is 0.136 e. The van der Waals surface area contributed by atoms with Crippen LogP contribution in [0, 0.1) is 0 Å². The van der Waals surface area contributed by atoms with Gasteiger partial charge >= 0.3 is 0 Å². The average Bonchev–Trinajstić information content (AvgIpc) is 1.91. The second-order valence-corrected chi connectivity index (χ2v) is 3.77. The summed E-state index contributed by atoms with van der Waals surface area (Å²) < 4.78 is 1.03. The highest BCUT2D eigenvalue weighted by molar-refractivity contribution is 8.22. The smallest absolute Gasteiger partial charge is 0.136 e. The molecule has 0 heterocycles. The van der Waals surface area contributed by atoms with Crippen LogP contribution in [0.5, 0.6) is 0 Å². The molecule has 0 fully saturated rings. The highest BCUT2D eigenvalue weighted by atomic mass is 32.2. The molecule has 2 nitrogen and oxygen atoms in total. The Hall–Kier alpha value is 0.200. The Balaban J connectivity index is 0. The normalized spacial score (nSPS) is 8.64. The summed E-state index contributed by atoms with van der Waals surface area (Å²) in [6, 6.07) is 0. The van der Waals surface area contributed by atoms with E-state index in [1.54, 1.807) is 11.8 Å². The van der Waals surface area contributed by atoms with Crippen molar-refractivity contribution in [3.63, 3.8) is 0 Å². The fourth-order valence-corrected chi connectivity index (χ4v) is 2.00. The van der Waals surface area contributed by atoms with Gasteiger partial charge in [-0.05, 0) is 19.6 Å². The lowest BCUT2D eigenvalue weighted by molar-refractivity contribution is 0.482. The fraction of sp³-hybridized carbons (Fsp3) is 0.857. The van der Waals surface area contributed by atoms with Crippen LogP contribution in [0.2, 0.25) is 0 Å². The summed E-state index contributed by atoms with van der Waals surface area (Å²) in [5.41, 5.74) is 0. The van der Waals surface area contributed by atoms with E-state index in [1.165, 1.54) is 0 Å². The Morgan fingerprint density at radius 2 is 1.73 bits per heavy atom. The molecule has 0 unspecified atom stereocenters. The van der Waals surface area contributed by atoms with Crippen molar-refractivity contribution in [3.8, 4) is 0 Å². The van der Waals surface area contributed by atoms with Gasteiger partial charge in [0.15, 0.2) is 0 Å². The van der Waals surface area contributed by atoms with Crippen LogP contribution >= 0.6 is 24.0 Å². The minimum absolute atomic E-state index is 0. The molecule has 0 aliphatic heterocycles. The van der Waals surface area contributed by atoms with Gasteiger partial charge in [-0.25, -0.2) is 0 Å². The van der Waals surface area contributed by atoms with Crippen LogP contribution in [0.3, 0.4) is 0 Å². The Morgan fingerprint density at radius 3 is 2.00 bits per heavy atom. The third kappa shape index (κ3) is 5.47. The molecule has 0 bridgehead atoms. The fourth-order valence-electron chi connectivity index (χ4n) is 0.697. The predicted molar refractivity (Wildman–Crippen MR) is 58.7 cm³/mol. The first-order chi connectivity index (χ1) is 4.76. The molecule has 0 amide bonds. The molecule has 0 rings (SSSR count). The number of nitrogens with zero attached hydrogens (tertiary/aromatic N) is 1. The van der Waals surface area contributed by atoms with Crippen LogP contribution in [0.25, 0.3) is 0 Å². The first-order valence-corrected chi connectivity index (χ1v) is 5.07. The van der Waals surface area contributed by atoms with Crippen molar-refractivity contribution in [1.29, 1.82) is 0 Å². The topological polar surface area (TPSA) is 38.2 Å². The lowest BCUT2D eigenvalue weighted by atomic mass is 10.6. The van der Waals surface area contributed by atoms with Gasteiger partial charge in [-0.3, -0.25) is 0 Å². The van der Waals surface area contributed by atoms with E-state index in [1.807, 2.05) is 0 Å². The van der Waals surface area contributed by atoms with Crippen molar-refractivity contribution in [2.24, 2.45) is 0 Å². The zero-order valence-corrected chi connectivity index (χ0v) is 9.23. The second-order valence-electron chi connectivity index (χ2n) is 1.87. The molecule has 0 atom stereocenters. The molecule has 0 aromatic rings. The maximum absolute atomic E-state index is 5.16. The Kier molecular flexibility index (Phi) is 10.4. The third-order valence-corrected chi connectivity index (χ3v) is 2.70. The van der Waals surface area contributed by atoms with Crippen molar-refractivity contribution >= 4 is 28.3 Å². The van der Waals surface area contributed by atoms with Gasteiger partial charge in [0.1, 0.15) is 4.32 Å². The van der Waals surface area contributed by atoms with Gasteiger partial charge in [-0.1, -0.05) is 30.9 Å². The largest absolute Gasteiger partial charge is 0.358 e. The summed E-state index contributed by atoms with van der Waals surface area (Å²) >= 11 is 6.91. The molecule has 0 aliphatic rings. The molecule has 11 heavy (non-hydrogen) atoms. The Bertz CT molecular complexity index is 103. The van der Waals surface area contributed by atoms with Crippen molar-refractivity contribution in [3.05, 3.63) is 0 Å². The summed E-state index contributed by atoms with van der Waals surface area (Å²) in [5, 5.41) is 0. The summed E-state index contributed by atoms with van der Waals surface area (Å²) in [6.45, 7) is 8.45. The minimum Gasteiger partial charge on any atom is -0.358 e. The van der Waals surface area contributed by atoms with Crippen molar-refractivity contribution in [2.75, 3.05) is 18.8 Å². The van der Waals surface area contributed by atoms with Crippen LogP contribution in [-0.2, 0) is 0 Å². The molecule has 0 aromatic heterocycles. The number of thiocarbonyl (C=S) groups is 1. The molecule has 0 aliphatic carbocycles. The number of thioether (sulfide) groups is 1. The van der Waals surface area contributed by atoms with Gasteiger partial charge in [-0.2, -0.15) is 0 Å². The first-order valence-electron chi connectivity index (χ1n) is 3.67. The monoisotopic (exact) mass is 194 g/mol. The van der Waals surface area contributed by atoms with Crippen LogP contribution < -0.4 is 6.15 Å². The van der Waals surface area contributed by atoms with Gasteiger partial charge in [0.25, 0.3) is 0 Å². The third-order valence-electron chi connectivity index (χ3n) is 1.29. The molecular weight excluding hydrogens is 176 g/mol. The first kappa shape index (κ1) is 13.8. The lowest BCUT2D eigenvalue weighted by Gasteiger charge is -2.20. The van der Waals surface area contributed by atoms with E-state index in [0.717, 1.165) is 23.2 Å². The van der Waals surface area contributed by atoms with E-state index in [0.29, 0.717) is 0 Å². The minimum atomic E-state index is 0. The molecule has 0 saturated heterocycles. The predicted octanol–water partition coefficient (Wildman–Crippen LogP) is 2.53. The zero-order chi connectivity index (χ0) is 7.98. The summed E-state index contributed by atoms with van der Waals surface area (Å²) in [5.74, 6) is 1.08. The highest BCUT2D eigenvalue weighted by Crippen LogP contribution is 2.07. The van der Waals surface area contributed by atoms with E-state index in [-0.39, 0.29) is 6.15 Å². The van der Waals surface area contributed by atoms with Gasteiger partial charge in [-0.15, -0.1) is 0 Å². The van der Waals surface area contributed by atoms with Gasteiger partial charge < -0.3 is 11.1 Å². The standard InChI is InChI=1S/C7H15NS2.H3N/c1-4-8(5-2)7(9)10-6-3;/h4-6H2,1-3H3;1H3. The molecule has 3 N–H and O–H groups in total. The van der Waals surface area contributed by atoms with Gasteiger partial charge in [0.05, 0.1) is 0 Å². The van der Waals surface area contributed by atoms with Crippen LogP contribution in [0.1, 0.15) is 20.8 Å². The molecule has 0 radical (unpaired) electrons. The average molecular weight is 194 g/mol. The van der Waals surface area contributed by atoms with Gasteiger partial charge in [0.2, 0.25) is 0 Å². The van der Waals surface area contributed by atoms with Gasteiger partial charge in [0, 0.05) is 13.1 Å². The quantitative estimate of drug-likeness (QED) is 0.701. The van der Waals surface area contributed by atoms with Crippen LogP contribution in [0.4, 0.5) is 0 Å². The Morgan fingerprint density at radius 1 is 1.27 bits per heavy atom. The molecule has 0 aromatic carbocycles. The van der Waals surface area contributed by atoms with E-state index in [9.17, 15) is 0 Å². The molecular formula is C7H18N2S2. The van der Waals surface area contributed by atoms with E-state index < -0.39 is 0 Å². The van der Waals surface area contributed by atoms with Crippen molar-refractivity contribution < 1.29 is 0 Å². The van der Waals surface area contributed by atoms with Crippen molar-refractivity contribution in [1.82, 2.24) is 11.1 Å². The lowest BCUT2D eigenvalue weighted by Crippen LogP contribution is -2.26. The van der Waals surface area contributed by atoms with E-state index in [4.69, 9.17) is 12.2 Å². The summed E-state index contributed by atoms with van der Waals surface area (Å²) in [4.78, 5) is 2.20. The number of hydrogen-bond acceptors (Lipinski definition) is 3. The maximum atomic E-state index is 5.16. The molecule has 68 valence electrons. The highest BCUT2D eigenvalue weighted by Gasteiger charge is 2.02. The molecule has 0 saturated carbocycles. The number of hydrogen-bond donors (Lipinski definition) is 1. The molecule has 0 spiro atoms. The number of rotatable bonds is 3. The van der Waals surface area contributed by atoms with Crippen LogP contribution in [0.15, 0.2) is 0 Å².